The molecule has 0 bridgehead atoms. The number of rotatable bonds is 1. The number of ketones is 1. The minimum absolute atomic E-state index is 0.102. The zero-order chi connectivity index (χ0) is 10.0. The minimum Gasteiger partial charge on any atom is -0.506 e. The molecule has 1 rings (SSSR count). The Morgan fingerprint density at radius 2 is 2.15 bits per heavy atom. The number of nitrogens with zero attached hydrogens (tertiary/aromatic N) is 1. The van der Waals surface area contributed by atoms with Crippen molar-refractivity contribution in [2.75, 3.05) is 0 Å². The third-order valence-corrected chi connectivity index (χ3v) is 1.93. The van der Waals surface area contributed by atoms with Crippen LogP contribution in [0.5, 0.6) is 5.75 Å². The van der Waals surface area contributed by atoms with Crippen LogP contribution in [-0.4, -0.2) is 10.9 Å². The molecule has 0 atom stereocenters. The Hall–Kier alpha value is -1.82. The number of benzene rings is 1. The van der Waals surface area contributed by atoms with E-state index in [0.29, 0.717) is 11.1 Å². The first-order chi connectivity index (χ1) is 6.07. The highest BCUT2D eigenvalue weighted by Crippen LogP contribution is 2.24. The summed E-state index contributed by atoms with van der Waals surface area (Å²) in [5.41, 5.74) is 1.12. The van der Waals surface area contributed by atoms with Gasteiger partial charge < -0.3 is 5.11 Å². The summed E-state index contributed by atoms with van der Waals surface area (Å²) in [5.74, 6) is -0.215. The first-order valence-electron chi connectivity index (χ1n) is 3.81. The van der Waals surface area contributed by atoms with Gasteiger partial charge in [0.15, 0.2) is 5.78 Å². The van der Waals surface area contributed by atoms with E-state index >= 15 is 0 Å². The van der Waals surface area contributed by atoms with Crippen molar-refractivity contribution >= 4 is 5.78 Å². The maximum absolute atomic E-state index is 11.0. The molecule has 1 aromatic carbocycles. The quantitative estimate of drug-likeness (QED) is 0.661. The standard InChI is InChI=1S/C10H9NO2/c1-6-9(7(2)12)4-3-8(5-11)10(6)13/h3-4,13H,1-2H3. The van der Waals surface area contributed by atoms with E-state index in [1.165, 1.54) is 13.0 Å². The van der Waals surface area contributed by atoms with Gasteiger partial charge in [-0.1, -0.05) is 0 Å². The molecular weight excluding hydrogens is 166 g/mol. The Morgan fingerprint density at radius 1 is 1.54 bits per heavy atom. The van der Waals surface area contributed by atoms with E-state index in [-0.39, 0.29) is 17.1 Å². The number of nitriles is 1. The van der Waals surface area contributed by atoms with Gasteiger partial charge in [-0.05, 0) is 26.0 Å². The summed E-state index contributed by atoms with van der Waals surface area (Å²) in [6, 6.07) is 4.84. The zero-order valence-electron chi connectivity index (χ0n) is 7.46. The van der Waals surface area contributed by atoms with Crippen molar-refractivity contribution in [2.24, 2.45) is 0 Å². The van der Waals surface area contributed by atoms with E-state index < -0.39 is 0 Å². The summed E-state index contributed by atoms with van der Waals surface area (Å²) in [6.45, 7) is 3.04. The van der Waals surface area contributed by atoms with Crippen LogP contribution in [-0.2, 0) is 0 Å². The Kier molecular flexibility index (Phi) is 2.34. The second-order valence-corrected chi connectivity index (χ2v) is 2.80. The van der Waals surface area contributed by atoms with E-state index in [4.69, 9.17) is 5.26 Å². The van der Waals surface area contributed by atoms with E-state index in [2.05, 4.69) is 0 Å². The highest BCUT2D eigenvalue weighted by Gasteiger charge is 2.10. The number of carbonyl (C=O) groups is 1. The lowest BCUT2D eigenvalue weighted by Gasteiger charge is -2.04. The highest BCUT2D eigenvalue weighted by molar-refractivity contribution is 5.96. The summed E-state index contributed by atoms with van der Waals surface area (Å²) in [6.07, 6.45) is 0. The normalized spacial score (nSPS) is 9.31. The van der Waals surface area contributed by atoms with Gasteiger partial charge in [0, 0.05) is 11.1 Å². The summed E-state index contributed by atoms with van der Waals surface area (Å²) in [5, 5.41) is 18.0. The fourth-order valence-electron chi connectivity index (χ4n) is 1.17. The molecule has 3 nitrogen and oxygen atoms in total. The molecule has 1 aromatic rings. The molecule has 66 valence electrons. The number of hydrogen-bond acceptors (Lipinski definition) is 3. The molecule has 1 N–H and O–H groups in total. The largest absolute Gasteiger partial charge is 0.506 e. The smallest absolute Gasteiger partial charge is 0.160 e. The Bertz CT molecular complexity index is 402. The molecule has 0 aromatic heterocycles. The minimum atomic E-state index is -0.114. The molecule has 0 fully saturated rings. The van der Waals surface area contributed by atoms with Crippen molar-refractivity contribution in [3.8, 4) is 11.8 Å². The molecule has 0 radical (unpaired) electrons. The van der Waals surface area contributed by atoms with Gasteiger partial charge >= 0.3 is 0 Å². The molecule has 0 heterocycles. The molecule has 13 heavy (non-hydrogen) atoms. The van der Waals surface area contributed by atoms with Gasteiger partial charge in [-0.3, -0.25) is 4.79 Å². The molecule has 0 spiro atoms. The number of hydrogen-bond donors (Lipinski definition) is 1. The lowest BCUT2D eigenvalue weighted by Crippen LogP contribution is -1.97. The zero-order valence-corrected chi connectivity index (χ0v) is 7.46. The predicted molar refractivity (Wildman–Crippen MR) is 47.6 cm³/mol. The van der Waals surface area contributed by atoms with Crippen LogP contribution in [0.4, 0.5) is 0 Å². The molecule has 0 aliphatic heterocycles. The third kappa shape index (κ3) is 1.52. The van der Waals surface area contributed by atoms with E-state index in [1.807, 2.05) is 6.07 Å². The monoisotopic (exact) mass is 175 g/mol. The SMILES string of the molecule is CC(=O)c1ccc(C#N)c(O)c1C. The van der Waals surface area contributed by atoms with Gasteiger partial charge in [0.1, 0.15) is 11.8 Å². The first-order valence-corrected chi connectivity index (χ1v) is 3.81. The first kappa shape index (κ1) is 9.27. The molecule has 0 saturated carbocycles. The average molecular weight is 175 g/mol. The molecule has 0 aliphatic rings. The van der Waals surface area contributed by atoms with Crippen LogP contribution in [0, 0.1) is 18.3 Å². The van der Waals surface area contributed by atoms with Crippen molar-refractivity contribution in [2.45, 2.75) is 13.8 Å². The van der Waals surface area contributed by atoms with Crippen LogP contribution >= 0.6 is 0 Å². The second kappa shape index (κ2) is 3.28. The van der Waals surface area contributed by atoms with Crippen LogP contribution < -0.4 is 0 Å². The average Bonchev–Trinajstić information content (AvgIpc) is 2.09. The fourth-order valence-corrected chi connectivity index (χ4v) is 1.17. The Labute approximate surface area is 76.2 Å². The van der Waals surface area contributed by atoms with Gasteiger partial charge in [-0.15, -0.1) is 0 Å². The van der Waals surface area contributed by atoms with Gasteiger partial charge in [0.2, 0.25) is 0 Å². The van der Waals surface area contributed by atoms with Crippen LogP contribution in [0.2, 0.25) is 0 Å². The third-order valence-electron chi connectivity index (χ3n) is 1.93. The van der Waals surface area contributed by atoms with E-state index in [9.17, 15) is 9.90 Å². The van der Waals surface area contributed by atoms with E-state index in [0.717, 1.165) is 0 Å². The summed E-state index contributed by atoms with van der Waals surface area (Å²) < 4.78 is 0. The number of phenolic OH excluding ortho intramolecular Hbond substituents is 1. The van der Waals surface area contributed by atoms with Crippen molar-refractivity contribution in [1.82, 2.24) is 0 Å². The van der Waals surface area contributed by atoms with Gasteiger partial charge in [-0.25, -0.2) is 0 Å². The fraction of sp³-hybridized carbons (Fsp3) is 0.200. The Balaban J connectivity index is 3.42. The number of Topliss-reactive ketones (excluding diaryl/α,β-unsaturated/α-hetero) is 1. The Morgan fingerprint density at radius 3 is 2.62 bits per heavy atom. The van der Waals surface area contributed by atoms with Crippen molar-refractivity contribution in [3.63, 3.8) is 0 Å². The van der Waals surface area contributed by atoms with Crippen LogP contribution in [0.25, 0.3) is 0 Å². The molecule has 0 aliphatic carbocycles. The summed E-state index contributed by atoms with van der Waals surface area (Å²) >= 11 is 0. The molecule has 0 unspecified atom stereocenters. The molecule has 0 amide bonds. The van der Waals surface area contributed by atoms with Crippen LogP contribution in [0.3, 0.4) is 0 Å². The topological polar surface area (TPSA) is 61.1 Å². The molecule has 3 heteroatoms. The van der Waals surface area contributed by atoms with Crippen molar-refractivity contribution in [3.05, 3.63) is 28.8 Å². The van der Waals surface area contributed by atoms with Crippen molar-refractivity contribution in [1.29, 1.82) is 5.26 Å². The summed E-state index contributed by atoms with van der Waals surface area (Å²) in [7, 11) is 0. The number of carbonyl (C=O) groups excluding carboxylic acids is 1. The lowest BCUT2D eigenvalue weighted by atomic mass is 10.0. The van der Waals surface area contributed by atoms with Gasteiger partial charge in [0.25, 0.3) is 0 Å². The number of phenols is 1. The predicted octanol–water partition coefficient (Wildman–Crippen LogP) is 1.77. The van der Waals surface area contributed by atoms with E-state index in [1.54, 1.807) is 13.0 Å². The maximum atomic E-state index is 11.0. The molecule has 0 saturated heterocycles. The van der Waals surface area contributed by atoms with Crippen LogP contribution in [0.1, 0.15) is 28.4 Å². The van der Waals surface area contributed by atoms with Gasteiger partial charge in [0.05, 0.1) is 5.56 Å². The van der Waals surface area contributed by atoms with Crippen LogP contribution in [0.15, 0.2) is 12.1 Å². The lowest BCUT2D eigenvalue weighted by molar-refractivity contribution is 0.101. The van der Waals surface area contributed by atoms with Gasteiger partial charge in [-0.2, -0.15) is 5.26 Å². The summed E-state index contributed by atoms with van der Waals surface area (Å²) in [4.78, 5) is 11.0. The van der Waals surface area contributed by atoms with Crippen molar-refractivity contribution < 1.29 is 9.90 Å². The number of aromatic hydroxyl groups is 1. The molecular formula is C10H9NO2. The second-order valence-electron chi connectivity index (χ2n) is 2.80. The maximum Gasteiger partial charge on any atom is 0.160 e. The highest BCUT2D eigenvalue weighted by atomic mass is 16.3.